The summed E-state index contributed by atoms with van der Waals surface area (Å²) in [5, 5.41) is 3.10. The second-order valence-electron chi connectivity index (χ2n) is 9.99. The van der Waals surface area contributed by atoms with Gasteiger partial charge >= 0.3 is 0 Å². The molecule has 0 unspecified atom stereocenters. The Labute approximate surface area is 219 Å². The molecule has 2 aromatic heterocycles. The minimum absolute atomic E-state index is 0.0315. The molecule has 2 aliphatic heterocycles. The van der Waals surface area contributed by atoms with E-state index in [9.17, 15) is 9.59 Å². The first-order valence-electron chi connectivity index (χ1n) is 13.1. The summed E-state index contributed by atoms with van der Waals surface area (Å²) < 4.78 is 22.6. The maximum absolute atomic E-state index is 13.3. The van der Waals surface area contributed by atoms with Crippen molar-refractivity contribution in [1.29, 1.82) is 0 Å². The van der Waals surface area contributed by atoms with Crippen LogP contribution in [-0.2, 0) is 9.53 Å². The van der Waals surface area contributed by atoms with Crippen molar-refractivity contribution in [2.75, 3.05) is 40.2 Å². The first-order chi connectivity index (χ1) is 18.6. The zero-order valence-corrected chi connectivity index (χ0v) is 21.3. The van der Waals surface area contributed by atoms with Crippen LogP contribution in [0.4, 0.5) is 0 Å². The number of carbonyl (C=O) groups is 2. The fraction of sp³-hybridized carbons (Fsp3) is 0.481. The fourth-order valence-corrected chi connectivity index (χ4v) is 5.22. The van der Waals surface area contributed by atoms with Crippen molar-refractivity contribution in [3.05, 3.63) is 30.2 Å². The first-order valence-corrected chi connectivity index (χ1v) is 13.1. The van der Waals surface area contributed by atoms with E-state index in [0.29, 0.717) is 83.6 Å². The molecule has 2 fully saturated rings. The summed E-state index contributed by atoms with van der Waals surface area (Å²) >= 11 is 0. The molecule has 38 heavy (non-hydrogen) atoms. The molecule has 0 atom stereocenters. The Morgan fingerprint density at radius 2 is 2.00 bits per heavy atom. The zero-order valence-electron chi connectivity index (χ0n) is 21.3. The second-order valence-corrected chi connectivity index (χ2v) is 9.99. The summed E-state index contributed by atoms with van der Waals surface area (Å²) in [5.74, 6) is 2.17. The van der Waals surface area contributed by atoms with Crippen LogP contribution in [0.5, 0.6) is 17.2 Å². The largest absolute Gasteiger partial charge is 0.492 e. The molecule has 2 amide bonds. The van der Waals surface area contributed by atoms with Crippen molar-refractivity contribution >= 4 is 22.8 Å². The number of aromatic nitrogens is 3. The number of hydrogen-bond acceptors (Lipinski definition) is 8. The Hall–Kier alpha value is -3.86. The molecule has 3 aromatic rings. The van der Waals surface area contributed by atoms with E-state index in [1.165, 1.54) is 32.7 Å². The van der Waals surface area contributed by atoms with E-state index in [1.54, 1.807) is 11.1 Å². The number of hydrogen-bond donors (Lipinski definition) is 2. The highest BCUT2D eigenvalue weighted by Crippen LogP contribution is 2.48. The van der Waals surface area contributed by atoms with E-state index < -0.39 is 0 Å². The number of rotatable bonds is 8. The van der Waals surface area contributed by atoms with Gasteiger partial charge in [-0.1, -0.05) is 6.42 Å². The van der Waals surface area contributed by atoms with Crippen LogP contribution in [-0.4, -0.2) is 77.9 Å². The number of amides is 2. The standard InChI is InChI=1S/C27H31N5O6/c1-35-13-21(33)32-9-7-17(8-10-32)31-27(34)18-11-28-25-23(18)29-14-30-24(25)22-19(36-12-16-3-2-4-16)5-6-20-26(22)38-15-37-20/h5-6,11,14,16-17,28H,2-4,7-10,12-13,15H2,1H3,(H,31,34). The van der Waals surface area contributed by atoms with Crippen molar-refractivity contribution in [2.45, 2.75) is 38.1 Å². The van der Waals surface area contributed by atoms with Gasteiger partial charge in [0.25, 0.3) is 5.91 Å². The second kappa shape index (κ2) is 10.5. The highest BCUT2D eigenvalue weighted by atomic mass is 16.7. The number of H-pyrrole nitrogens is 1. The number of ether oxygens (including phenoxy) is 4. The third-order valence-electron chi connectivity index (χ3n) is 7.60. The summed E-state index contributed by atoms with van der Waals surface area (Å²) in [6.07, 6.45) is 8.06. The lowest BCUT2D eigenvalue weighted by molar-refractivity contribution is -0.136. The minimum atomic E-state index is -0.220. The molecule has 11 nitrogen and oxygen atoms in total. The third kappa shape index (κ3) is 4.62. The average molecular weight is 522 g/mol. The quantitative estimate of drug-likeness (QED) is 0.463. The van der Waals surface area contributed by atoms with E-state index in [1.807, 2.05) is 12.1 Å². The Bertz CT molecular complexity index is 1350. The number of carbonyl (C=O) groups excluding carboxylic acids is 2. The third-order valence-corrected chi connectivity index (χ3v) is 7.60. The number of nitrogens with one attached hydrogen (secondary N) is 2. The minimum Gasteiger partial charge on any atom is -0.492 e. The van der Waals surface area contributed by atoms with Gasteiger partial charge in [0.1, 0.15) is 29.9 Å². The van der Waals surface area contributed by atoms with Crippen molar-refractivity contribution < 1.29 is 28.5 Å². The Balaban J connectivity index is 1.24. The Kier molecular flexibility index (Phi) is 6.75. The smallest absolute Gasteiger partial charge is 0.255 e. The predicted molar refractivity (Wildman–Crippen MR) is 137 cm³/mol. The number of fused-ring (bicyclic) bond motifs is 2. The van der Waals surface area contributed by atoms with Gasteiger partial charge in [-0.25, -0.2) is 9.97 Å². The molecule has 1 aliphatic carbocycles. The van der Waals surface area contributed by atoms with Gasteiger partial charge in [0.15, 0.2) is 11.5 Å². The molecule has 1 saturated heterocycles. The predicted octanol–water partition coefficient (Wildman–Crippen LogP) is 2.90. The molecular weight excluding hydrogens is 490 g/mol. The SMILES string of the molecule is COCC(=O)N1CCC(NC(=O)c2c[nH]c3c(-c4c(OCC5CCC5)ccc5c4OCO5)ncnc23)CC1. The molecule has 4 heterocycles. The number of likely N-dealkylation sites (tertiary alicyclic amines) is 1. The summed E-state index contributed by atoms with van der Waals surface area (Å²) in [6.45, 7) is 1.99. The van der Waals surface area contributed by atoms with E-state index >= 15 is 0 Å². The van der Waals surface area contributed by atoms with Crippen LogP contribution in [0.2, 0.25) is 0 Å². The molecule has 1 saturated carbocycles. The molecule has 3 aliphatic rings. The maximum Gasteiger partial charge on any atom is 0.255 e. The lowest BCUT2D eigenvalue weighted by Gasteiger charge is -2.32. The molecule has 0 bridgehead atoms. The van der Waals surface area contributed by atoms with Crippen LogP contribution >= 0.6 is 0 Å². The maximum atomic E-state index is 13.3. The molecule has 0 radical (unpaired) electrons. The highest BCUT2D eigenvalue weighted by molar-refractivity contribution is 6.08. The van der Waals surface area contributed by atoms with Gasteiger partial charge in [0.05, 0.1) is 23.3 Å². The van der Waals surface area contributed by atoms with Crippen molar-refractivity contribution in [2.24, 2.45) is 5.92 Å². The van der Waals surface area contributed by atoms with Gasteiger partial charge in [-0.15, -0.1) is 0 Å². The van der Waals surface area contributed by atoms with Gasteiger partial charge in [-0.2, -0.15) is 0 Å². The molecule has 11 heteroatoms. The van der Waals surface area contributed by atoms with Crippen LogP contribution in [0, 0.1) is 5.92 Å². The van der Waals surface area contributed by atoms with Gasteiger partial charge in [0, 0.05) is 32.4 Å². The first kappa shape index (κ1) is 24.5. The highest BCUT2D eigenvalue weighted by Gasteiger charge is 2.29. The van der Waals surface area contributed by atoms with Crippen LogP contribution in [0.15, 0.2) is 24.7 Å². The van der Waals surface area contributed by atoms with Crippen molar-refractivity contribution in [3.63, 3.8) is 0 Å². The van der Waals surface area contributed by atoms with Gasteiger partial charge in [0.2, 0.25) is 12.7 Å². The summed E-state index contributed by atoms with van der Waals surface area (Å²) in [6, 6.07) is 3.70. The summed E-state index contributed by atoms with van der Waals surface area (Å²) in [5.41, 5.74) is 2.85. The molecule has 1 aromatic carbocycles. The van der Waals surface area contributed by atoms with E-state index in [-0.39, 0.29) is 31.3 Å². The van der Waals surface area contributed by atoms with Crippen molar-refractivity contribution in [3.8, 4) is 28.5 Å². The van der Waals surface area contributed by atoms with Crippen LogP contribution in [0.1, 0.15) is 42.5 Å². The normalized spacial score (nSPS) is 17.4. The lowest BCUT2D eigenvalue weighted by atomic mass is 9.86. The summed E-state index contributed by atoms with van der Waals surface area (Å²) in [7, 11) is 1.51. The van der Waals surface area contributed by atoms with Gasteiger partial charge in [-0.05, 0) is 43.7 Å². The topological polar surface area (TPSA) is 128 Å². The van der Waals surface area contributed by atoms with E-state index in [4.69, 9.17) is 18.9 Å². The van der Waals surface area contributed by atoms with Crippen molar-refractivity contribution in [1.82, 2.24) is 25.2 Å². The van der Waals surface area contributed by atoms with E-state index in [2.05, 4.69) is 20.3 Å². The van der Waals surface area contributed by atoms with Gasteiger partial charge in [-0.3, -0.25) is 9.59 Å². The zero-order chi connectivity index (χ0) is 26.1. The molecular formula is C27H31N5O6. The number of benzene rings is 1. The van der Waals surface area contributed by atoms with Gasteiger partial charge < -0.3 is 34.1 Å². The Morgan fingerprint density at radius 3 is 2.76 bits per heavy atom. The fourth-order valence-electron chi connectivity index (χ4n) is 5.22. The molecule has 0 spiro atoms. The summed E-state index contributed by atoms with van der Waals surface area (Å²) in [4.78, 5) is 39.3. The Morgan fingerprint density at radius 1 is 1.16 bits per heavy atom. The number of aromatic amines is 1. The van der Waals surface area contributed by atoms with Crippen LogP contribution < -0.4 is 19.5 Å². The van der Waals surface area contributed by atoms with E-state index in [0.717, 1.165) is 0 Å². The monoisotopic (exact) mass is 521 g/mol. The number of piperidine rings is 1. The molecule has 2 N–H and O–H groups in total. The molecule has 200 valence electrons. The van der Waals surface area contributed by atoms with Crippen LogP contribution in [0.25, 0.3) is 22.3 Å². The average Bonchev–Trinajstić information content (AvgIpc) is 3.55. The molecule has 6 rings (SSSR count). The number of nitrogens with zero attached hydrogens (tertiary/aromatic N) is 3. The number of methoxy groups -OCH3 is 1. The lowest BCUT2D eigenvalue weighted by Crippen LogP contribution is -2.47. The van der Waals surface area contributed by atoms with Crippen LogP contribution in [0.3, 0.4) is 0 Å².